The Kier molecular flexibility index (Phi) is 2.87. The van der Waals surface area contributed by atoms with E-state index < -0.39 is 52.7 Å². The first-order valence-corrected chi connectivity index (χ1v) is 9.81. The molecule has 0 amide bonds. The second kappa shape index (κ2) is 4.64. The molecule has 3 aliphatic carbocycles. The summed E-state index contributed by atoms with van der Waals surface area (Å²) in [5.41, 5.74) is -2.23. The molecule has 3 saturated heterocycles. The normalized spacial score (nSPS) is 60.7. The molecule has 6 aliphatic rings. The Hall–Kier alpha value is -1.28. The van der Waals surface area contributed by atoms with Crippen LogP contribution in [0.2, 0.25) is 0 Å². The number of hydrogen-bond acceptors (Lipinski definition) is 7. The second-order valence-electron chi connectivity index (χ2n) is 9.74. The van der Waals surface area contributed by atoms with Gasteiger partial charge in [0.1, 0.15) is 11.5 Å². The Morgan fingerprint density at radius 3 is 2.63 bits per heavy atom. The van der Waals surface area contributed by atoms with Crippen molar-refractivity contribution < 1.29 is 34.0 Å². The smallest absolute Gasteiger partial charge is 0.320 e. The summed E-state index contributed by atoms with van der Waals surface area (Å²) in [7, 11) is 0. The molecule has 146 valence electrons. The van der Waals surface area contributed by atoms with Crippen LogP contribution in [0.4, 0.5) is 0 Å². The molecule has 2 bridgehead atoms. The van der Waals surface area contributed by atoms with E-state index in [1.165, 1.54) is 0 Å². The van der Waals surface area contributed by atoms with Gasteiger partial charge in [0.05, 0.1) is 25.4 Å². The van der Waals surface area contributed by atoms with Gasteiger partial charge in [-0.3, -0.25) is 9.59 Å². The van der Waals surface area contributed by atoms with E-state index in [1.807, 2.05) is 6.92 Å². The zero-order chi connectivity index (χ0) is 18.9. The van der Waals surface area contributed by atoms with Crippen molar-refractivity contribution in [3.05, 3.63) is 12.2 Å². The van der Waals surface area contributed by atoms with Crippen LogP contribution in [0.25, 0.3) is 0 Å². The molecule has 10 unspecified atom stereocenters. The molecule has 0 radical (unpaired) electrons. The Morgan fingerprint density at radius 1 is 1.11 bits per heavy atom. The molecule has 2 N–H and O–H groups in total. The van der Waals surface area contributed by atoms with Gasteiger partial charge < -0.3 is 24.4 Å². The van der Waals surface area contributed by atoms with Crippen molar-refractivity contribution in [3.63, 3.8) is 0 Å². The number of aliphatic hydroxyl groups is 2. The fourth-order valence-electron chi connectivity index (χ4n) is 7.70. The van der Waals surface area contributed by atoms with E-state index in [9.17, 15) is 19.8 Å². The Labute approximate surface area is 156 Å². The number of allylic oxidation sites excluding steroid dienone is 1. The second-order valence-corrected chi connectivity index (χ2v) is 9.74. The van der Waals surface area contributed by atoms with Crippen LogP contribution < -0.4 is 0 Å². The van der Waals surface area contributed by atoms with E-state index in [-0.39, 0.29) is 30.6 Å². The van der Waals surface area contributed by atoms with Gasteiger partial charge >= 0.3 is 5.97 Å². The molecule has 7 nitrogen and oxygen atoms in total. The number of Topliss-reactive ketones (excluding diaryl/α,β-unsaturated/α-hetero) is 1. The monoisotopic (exact) mass is 376 g/mol. The van der Waals surface area contributed by atoms with E-state index in [4.69, 9.17) is 14.2 Å². The predicted octanol–water partition coefficient (Wildman–Crippen LogP) is 0.184. The minimum Gasteiger partial charge on any atom is -0.461 e. The predicted molar refractivity (Wildman–Crippen MR) is 89.0 cm³/mol. The molecular weight excluding hydrogens is 352 g/mol. The van der Waals surface area contributed by atoms with Crippen LogP contribution in [-0.4, -0.2) is 59.8 Å². The topological polar surface area (TPSA) is 102 Å². The van der Waals surface area contributed by atoms with Crippen molar-refractivity contribution >= 4 is 11.8 Å². The van der Waals surface area contributed by atoms with Gasteiger partial charge in [-0.25, -0.2) is 0 Å². The maximum absolute atomic E-state index is 13.2. The van der Waals surface area contributed by atoms with E-state index in [1.54, 1.807) is 0 Å². The van der Waals surface area contributed by atoms with Gasteiger partial charge in [-0.2, -0.15) is 0 Å². The highest BCUT2D eigenvalue weighted by atomic mass is 16.7. The van der Waals surface area contributed by atoms with Gasteiger partial charge in [-0.15, -0.1) is 0 Å². The molecule has 7 heteroatoms. The van der Waals surface area contributed by atoms with Crippen LogP contribution >= 0.6 is 0 Å². The summed E-state index contributed by atoms with van der Waals surface area (Å²) in [5, 5.41) is 22.0. The zero-order valence-electron chi connectivity index (χ0n) is 15.2. The maximum atomic E-state index is 13.2. The average Bonchev–Trinajstić information content (AvgIpc) is 3.23. The lowest BCUT2D eigenvalue weighted by Crippen LogP contribution is -2.72. The summed E-state index contributed by atoms with van der Waals surface area (Å²) in [6.07, 6.45) is -1.55. The summed E-state index contributed by atoms with van der Waals surface area (Å²) in [6.45, 7) is 6.51. The number of rotatable bonds is 0. The highest BCUT2D eigenvalue weighted by Gasteiger charge is 2.81. The van der Waals surface area contributed by atoms with Gasteiger partial charge in [0.25, 0.3) is 0 Å². The quantitative estimate of drug-likeness (QED) is 0.353. The number of carbonyl (C=O) groups excluding carboxylic acids is 2. The third kappa shape index (κ3) is 1.52. The highest BCUT2D eigenvalue weighted by molar-refractivity contribution is 6.15. The lowest BCUT2D eigenvalue weighted by Gasteiger charge is -2.62. The van der Waals surface area contributed by atoms with Gasteiger partial charge in [0.2, 0.25) is 0 Å². The molecule has 27 heavy (non-hydrogen) atoms. The fourth-order valence-corrected chi connectivity index (χ4v) is 7.70. The Bertz CT molecular complexity index is 793. The van der Waals surface area contributed by atoms with E-state index in [2.05, 4.69) is 6.58 Å². The van der Waals surface area contributed by atoms with E-state index in [0.717, 1.165) is 0 Å². The van der Waals surface area contributed by atoms with Crippen molar-refractivity contribution in [3.8, 4) is 0 Å². The lowest BCUT2D eigenvalue weighted by molar-refractivity contribution is -0.259. The number of aliphatic hydroxyl groups excluding tert-OH is 2. The highest BCUT2D eigenvalue weighted by Crippen LogP contribution is 2.72. The van der Waals surface area contributed by atoms with Crippen LogP contribution in [0.5, 0.6) is 0 Å². The van der Waals surface area contributed by atoms with Gasteiger partial charge in [-0.1, -0.05) is 13.5 Å². The average molecular weight is 376 g/mol. The Balaban J connectivity index is 1.60. The SMILES string of the molecule is C=C1C(=O)C23CC1CC(O)C2C12COC4OCC(C)(C(O)CC1OC3=O)C42. The molecule has 10 atom stereocenters. The molecule has 0 aromatic carbocycles. The summed E-state index contributed by atoms with van der Waals surface area (Å²) in [5.74, 6) is -1.84. The largest absolute Gasteiger partial charge is 0.461 e. The minimum absolute atomic E-state index is 0.178. The lowest BCUT2D eigenvalue weighted by atomic mass is 9.43. The fraction of sp³-hybridized carbons (Fsp3) is 0.800. The molecule has 3 heterocycles. The number of esters is 1. The van der Waals surface area contributed by atoms with Crippen LogP contribution in [0.3, 0.4) is 0 Å². The van der Waals surface area contributed by atoms with Gasteiger partial charge in [-0.05, 0) is 24.3 Å². The van der Waals surface area contributed by atoms with E-state index >= 15 is 0 Å². The molecule has 3 saturated carbocycles. The van der Waals surface area contributed by atoms with Crippen molar-refractivity contribution in [1.29, 1.82) is 0 Å². The number of ether oxygens (including phenoxy) is 3. The van der Waals surface area contributed by atoms with Crippen LogP contribution in [0.1, 0.15) is 26.2 Å². The first kappa shape index (κ1) is 16.7. The van der Waals surface area contributed by atoms with Gasteiger partial charge in [0, 0.05) is 29.1 Å². The standard InChI is InChI=1S/C20H24O7/c1-8-9-3-10(21)13-19(5-9,15(8)23)17(24)27-12-4-11(22)18(2)6-25-16-14(18)20(12,13)7-26-16/h9-14,16,21-22H,1,3-7H2,2H3. The number of carbonyl (C=O) groups is 2. The van der Waals surface area contributed by atoms with Crippen molar-refractivity contribution in [2.75, 3.05) is 13.2 Å². The first-order chi connectivity index (χ1) is 12.8. The molecule has 0 aromatic rings. The van der Waals surface area contributed by atoms with Crippen molar-refractivity contribution in [1.82, 2.24) is 0 Å². The third-order valence-electron chi connectivity index (χ3n) is 8.81. The summed E-state index contributed by atoms with van der Waals surface area (Å²) >= 11 is 0. The van der Waals surface area contributed by atoms with Crippen LogP contribution in [0.15, 0.2) is 12.2 Å². The minimum atomic E-state index is -1.38. The molecule has 2 spiro atoms. The summed E-state index contributed by atoms with van der Waals surface area (Å²) < 4.78 is 17.7. The molecule has 3 aliphatic heterocycles. The number of hydrogen-bond donors (Lipinski definition) is 2. The first-order valence-electron chi connectivity index (χ1n) is 9.81. The summed E-state index contributed by atoms with van der Waals surface area (Å²) in [4.78, 5) is 26.4. The van der Waals surface area contributed by atoms with Crippen LogP contribution in [0, 0.1) is 34.0 Å². The molecule has 6 rings (SSSR count). The van der Waals surface area contributed by atoms with E-state index in [0.29, 0.717) is 25.0 Å². The number of ketones is 1. The van der Waals surface area contributed by atoms with Crippen LogP contribution in [-0.2, 0) is 23.8 Å². The molecule has 6 fully saturated rings. The summed E-state index contributed by atoms with van der Waals surface area (Å²) in [6, 6.07) is 0. The zero-order valence-corrected chi connectivity index (χ0v) is 15.2. The third-order valence-corrected chi connectivity index (χ3v) is 8.81. The Morgan fingerprint density at radius 2 is 1.85 bits per heavy atom. The molecule has 0 aromatic heterocycles. The van der Waals surface area contributed by atoms with Crippen molar-refractivity contribution in [2.24, 2.45) is 34.0 Å². The number of fused-ring (bicyclic) bond motifs is 1. The maximum Gasteiger partial charge on any atom is 0.320 e. The van der Waals surface area contributed by atoms with Gasteiger partial charge in [0.15, 0.2) is 12.1 Å². The molecular formula is C20H24O7. The van der Waals surface area contributed by atoms with Crippen molar-refractivity contribution in [2.45, 2.75) is 50.8 Å².